The van der Waals surface area contributed by atoms with Crippen LogP contribution in [0.25, 0.3) is 0 Å². The van der Waals surface area contributed by atoms with Crippen LogP contribution in [-0.4, -0.2) is 16.8 Å². The average Bonchev–Trinajstić information content (AvgIpc) is 2.20. The average molecular weight is 196 g/mol. The lowest BCUT2D eigenvalue weighted by atomic mass is 10.2. The van der Waals surface area contributed by atoms with E-state index in [0.29, 0.717) is 17.9 Å². The highest BCUT2D eigenvalue weighted by molar-refractivity contribution is 5.45. The third-order valence-corrected chi connectivity index (χ3v) is 1.99. The molecule has 0 radical (unpaired) electrons. The smallest absolute Gasteiger partial charge is 0.166 e. The number of ether oxygens (including phenoxy) is 1. The van der Waals surface area contributed by atoms with E-state index in [2.05, 4.69) is 6.92 Å². The van der Waals surface area contributed by atoms with Crippen molar-refractivity contribution >= 4 is 0 Å². The maximum atomic E-state index is 9.49. The molecule has 1 aromatic carbocycles. The van der Waals surface area contributed by atoms with Crippen LogP contribution in [0.1, 0.15) is 25.3 Å². The molecule has 14 heavy (non-hydrogen) atoms. The van der Waals surface area contributed by atoms with Gasteiger partial charge < -0.3 is 14.9 Å². The maximum absolute atomic E-state index is 9.49. The Bertz CT molecular complexity index is 284. The molecule has 3 nitrogen and oxygen atoms in total. The standard InChI is InChI=1S/C11H16O3/c1-2-3-7-14-11-9(8-12)5-4-6-10(11)13/h4-6,12-13H,2-3,7-8H2,1H3. The predicted octanol–water partition coefficient (Wildman–Crippen LogP) is 2.06. The zero-order valence-corrected chi connectivity index (χ0v) is 8.36. The Kier molecular flexibility index (Phi) is 4.26. The van der Waals surface area contributed by atoms with Crippen LogP contribution in [0.5, 0.6) is 11.5 Å². The predicted molar refractivity (Wildman–Crippen MR) is 54.4 cm³/mol. The van der Waals surface area contributed by atoms with Crippen LogP contribution in [0.4, 0.5) is 0 Å². The quantitative estimate of drug-likeness (QED) is 0.709. The van der Waals surface area contributed by atoms with Gasteiger partial charge in [-0.3, -0.25) is 0 Å². The molecule has 0 atom stereocenters. The summed E-state index contributed by atoms with van der Waals surface area (Å²) in [5.41, 5.74) is 0.626. The first-order valence-electron chi connectivity index (χ1n) is 4.84. The summed E-state index contributed by atoms with van der Waals surface area (Å²) in [6, 6.07) is 4.98. The van der Waals surface area contributed by atoms with E-state index in [1.54, 1.807) is 18.2 Å². The SMILES string of the molecule is CCCCOc1c(O)cccc1CO. The highest BCUT2D eigenvalue weighted by atomic mass is 16.5. The first-order chi connectivity index (χ1) is 6.79. The van der Waals surface area contributed by atoms with Gasteiger partial charge >= 0.3 is 0 Å². The van der Waals surface area contributed by atoms with Crippen molar-refractivity contribution in [1.29, 1.82) is 0 Å². The molecular formula is C11H16O3. The molecule has 0 amide bonds. The fraction of sp³-hybridized carbons (Fsp3) is 0.455. The molecule has 0 unspecified atom stereocenters. The van der Waals surface area contributed by atoms with Gasteiger partial charge in [0.2, 0.25) is 0 Å². The van der Waals surface area contributed by atoms with Crippen LogP contribution >= 0.6 is 0 Å². The number of phenols is 1. The number of hydrogen-bond acceptors (Lipinski definition) is 3. The number of hydrogen-bond donors (Lipinski definition) is 2. The number of para-hydroxylation sites is 1. The molecule has 0 aliphatic heterocycles. The van der Waals surface area contributed by atoms with Gasteiger partial charge in [-0.1, -0.05) is 25.5 Å². The Labute approximate surface area is 84.0 Å². The Morgan fingerprint density at radius 1 is 1.36 bits per heavy atom. The molecule has 0 aromatic heterocycles. The number of unbranched alkanes of at least 4 members (excludes halogenated alkanes) is 1. The third-order valence-electron chi connectivity index (χ3n) is 1.99. The zero-order chi connectivity index (χ0) is 10.4. The molecule has 0 saturated carbocycles. The fourth-order valence-electron chi connectivity index (χ4n) is 1.18. The zero-order valence-electron chi connectivity index (χ0n) is 8.36. The van der Waals surface area contributed by atoms with E-state index in [-0.39, 0.29) is 12.4 Å². The molecule has 0 aliphatic carbocycles. The summed E-state index contributed by atoms with van der Waals surface area (Å²) in [5.74, 6) is 0.496. The van der Waals surface area contributed by atoms with Crippen molar-refractivity contribution in [2.24, 2.45) is 0 Å². The van der Waals surface area contributed by atoms with Gasteiger partial charge in [0, 0.05) is 5.56 Å². The minimum absolute atomic E-state index is 0.0904. The largest absolute Gasteiger partial charge is 0.504 e. The molecule has 0 spiro atoms. The molecule has 0 fully saturated rings. The van der Waals surface area contributed by atoms with E-state index in [1.807, 2.05) is 0 Å². The molecule has 0 bridgehead atoms. The third kappa shape index (κ3) is 2.64. The highest BCUT2D eigenvalue weighted by Gasteiger charge is 2.07. The Morgan fingerprint density at radius 3 is 2.79 bits per heavy atom. The summed E-state index contributed by atoms with van der Waals surface area (Å²) < 4.78 is 5.39. The van der Waals surface area contributed by atoms with E-state index in [9.17, 15) is 5.11 Å². The maximum Gasteiger partial charge on any atom is 0.166 e. The second-order valence-corrected chi connectivity index (χ2v) is 3.13. The van der Waals surface area contributed by atoms with E-state index < -0.39 is 0 Å². The summed E-state index contributed by atoms with van der Waals surface area (Å²) >= 11 is 0. The number of aromatic hydroxyl groups is 1. The summed E-state index contributed by atoms with van der Waals surface area (Å²) in [7, 11) is 0. The van der Waals surface area contributed by atoms with Gasteiger partial charge in [0.1, 0.15) is 0 Å². The van der Waals surface area contributed by atoms with Crippen LogP contribution in [0.2, 0.25) is 0 Å². The van der Waals surface area contributed by atoms with Crippen molar-refractivity contribution in [3.05, 3.63) is 23.8 Å². The first-order valence-corrected chi connectivity index (χ1v) is 4.84. The molecule has 3 heteroatoms. The van der Waals surface area contributed by atoms with E-state index >= 15 is 0 Å². The molecule has 2 N–H and O–H groups in total. The van der Waals surface area contributed by atoms with Crippen molar-refractivity contribution in [3.8, 4) is 11.5 Å². The Morgan fingerprint density at radius 2 is 2.14 bits per heavy atom. The molecule has 0 saturated heterocycles. The summed E-state index contributed by atoms with van der Waals surface area (Å²) in [6.45, 7) is 2.53. The Hall–Kier alpha value is -1.22. The van der Waals surface area contributed by atoms with Gasteiger partial charge in [0.15, 0.2) is 11.5 Å². The van der Waals surface area contributed by atoms with Gasteiger partial charge in [0.05, 0.1) is 13.2 Å². The van der Waals surface area contributed by atoms with Crippen LogP contribution in [0.3, 0.4) is 0 Å². The highest BCUT2D eigenvalue weighted by Crippen LogP contribution is 2.29. The van der Waals surface area contributed by atoms with Gasteiger partial charge in [-0.05, 0) is 12.5 Å². The topological polar surface area (TPSA) is 49.7 Å². The molecule has 78 valence electrons. The molecule has 1 aromatic rings. The second-order valence-electron chi connectivity index (χ2n) is 3.13. The lowest BCUT2D eigenvalue weighted by Crippen LogP contribution is -2.00. The van der Waals surface area contributed by atoms with E-state index in [0.717, 1.165) is 12.8 Å². The summed E-state index contributed by atoms with van der Waals surface area (Å²) in [5, 5.41) is 18.5. The molecule has 0 aliphatic rings. The Balaban J connectivity index is 2.72. The van der Waals surface area contributed by atoms with Gasteiger partial charge in [-0.25, -0.2) is 0 Å². The fourth-order valence-corrected chi connectivity index (χ4v) is 1.18. The van der Waals surface area contributed by atoms with E-state index in [1.165, 1.54) is 0 Å². The van der Waals surface area contributed by atoms with Crippen molar-refractivity contribution in [1.82, 2.24) is 0 Å². The number of aliphatic hydroxyl groups excluding tert-OH is 1. The number of rotatable bonds is 5. The van der Waals surface area contributed by atoms with E-state index in [4.69, 9.17) is 9.84 Å². The second kappa shape index (κ2) is 5.50. The van der Waals surface area contributed by atoms with Crippen molar-refractivity contribution < 1.29 is 14.9 Å². The lowest BCUT2D eigenvalue weighted by Gasteiger charge is -2.10. The molecular weight excluding hydrogens is 180 g/mol. The lowest BCUT2D eigenvalue weighted by molar-refractivity contribution is 0.254. The van der Waals surface area contributed by atoms with Gasteiger partial charge in [-0.15, -0.1) is 0 Å². The van der Waals surface area contributed by atoms with Crippen molar-refractivity contribution in [2.75, 3.05) is 6.61 Å². The van der Waals surface area contributed by atoms with Crippen LogP contribution < -0.4 is 4.74 Å². The molecule has 1 rings (SSSR count). The number of phenolic OH excluding ortho intramolecular Hbond substituents is 1. The van der Waals surface area contributed by atoms with Gasteiger partial charge in [0.25, 0.3) is 0 Å². The van der Waals surface area contributed by atoms with Crippen LogP contribution in [0.15, 0.2) is 18.2 Å². The summed E-state index contributed by atoms with van der Waals surface area (Å²) in [4.78, 5) is 0. The number of benzene rings is 1. The summed E-state index contributed by atoms with van der Waals surface area (Å²) in [6.07, 6.45) is 1.99. The van der Waals surface area contributed by atoms with Crippen molar-refractivity contribution in [2.45, 2.75) is 26.4 Å². The van der Waals surface area contributed by atoms with Gasteiger partial charge in [-0.2, -0.15) is 0 Å². The van der Waals surface area contributed by atoms with Crippen LogP contribution in [0, 0.1) is 0 Å². The number of aliphatic hydroxyl groups is 1. The monoisotopic (exact) mass is 196 g/mol. The normalized spacial score (nSPS) is 10.1. The molecule has 0 heterocycles. The first kappa shape index (κ1) is 10.9. The minimum atomic E-state index is -0.115. The van der Waals surface area contributed by atoms with Crippen molar-refractivity contribution in [3.63, 3.8) is 0 Å². The van der Waals surface area contributed by atoms with Crippen LogP contribution in [-0.2, 0) is 6.61 Å². The minimum Gasteiger partial charge on any atom is -0.504 e.